The fourth-order valence-corrected chi connectivity index (χ4v) is 5.30. The second kappa shape index (κ2) is 9.19. The van der Waals surface area contributed by atoms with Crippen molar-refractivity contribution in [3.8, 4) is 17.2 Å². The van der Waals surface area contributed by atoms with Crippen molar-refractivity contribution in [2.24, 2.45) is 5.41 Å². The monoisotopic (exact) mass is 489 g/mol. The Bertz CT molecular complexity index is 1190. The highest BCUT2D eigenvalue weighted by atomic mass is 16.5. The van der Waals surface area contributed by atoms with Gasteiger partial charge < -0.3 is 14.7 Å². The van der Waals surface area contributed by atoms with E-state index in [0.717, 1.165) is 66.8 Å². The lowest BCUT2D eigenvalue weighted by atomic mass is 9.81. The van der Waals surface area contributed by atoms with Crippen LogP contribution in [0.15, 0.2) is 24.3 Å². The molecular weight excluding hydrogens is 450 g/mol. The highest BCUT2D eigenvalue weighted by Crippen LogP contribution is 2.49. The number of rotatable bonds is 6. The predicted octanol–water partition coefficient (Wildman–Crippen LogP) is 6.49. The number of hydrogen-bond donors (Lipinski definition) is 1. The molecule has 1 saturated carbocycles. The smallest absolute Gasteiger partial charge is 0.337 e. The van der Waals surface area contributed by atoms with Gasteiger partial charge in [0.1, 0.15) is 0 Å². The Morgan fingerprint density at radius 2 is 1.67 bits per heavy atom. The normalized spacial score (nSPS) is 19.4. The molecular formula is C30H39N3O3. The van der Waals surface area contributed by atoms with E-state index in [2.05, 4.69) is 36.9 Å². The average Bonchev–Trinajstić information content (AvgIpc) is 3.58. The van der Waals surface area contributed by atoms with Crippen molar-refractivity contribution < 1.29 is 14.6 Å². The molecule has 2 fully saturated rings. The molecule has 1 aliphatic carbocycles. The minimum atomic E-state index is -1.13. The first-order chi connectivity index (χ1) is 16.8. The number of pyridine rings is 1. The van der Waals surface area contributed by atoms with E-state index in [-0.39, 0.29) is 10.8 Å². The molecule has 1 saturated heterocycles. The van der Waals surface area contributed by atoms with E-state index < -0.39 is 17.7 Å². The van der Waals surface area contributed by atoms with Gasteiger partial charge in [-0.3, -0.25) is 4.98 Å². The first-order valence-electron chi connectivity index (χ1n) is 13.0. The third-order valence-corrected chi connectivity index (χ3v) is 7.66. The molecule has 1 aromatic carbocycles. The molecule has 0 spiro atoms. The SMILES string of the molecule is Cc1nc(C)c(C(OC(C)(C)C)C(=O)O)c(N2CCC(C)(C)CC2)c1-c1ccc(C2(C#N)CC2)cc1. The number of piperidine rings is 1. The van der Waals surface area contributed by atoms with Crippen molar-refractivity contribution in [1.82, 2.24) is 4.98 Å². The third-order valence-electron chi connectivity index (χ3n) is 7.66. The number of anilines is 1. The third kappa shape index (κ3) is 5.13. The van der Waals surface area contributed by atoms with Gasteiger partial charge in [0.25, 0.3) is 0 Å². The molecule has 1 atom stereocenters. The number of aromatic nitrogens is 1. The Balaban J connectivity index is 1.91. The lowest BCUT2D eigenvalue weighted by Gasteiger charge is -2.41. The maximum Gasteiger partial charge on any atom is 0.337 e. The van der Waals surface area contributed by atoms with Crippen LogP contribution in [0.2, 0.25) is 0 Å². The van der Waals surface area contributed by atoms with Crippen LogP contribution >= 0.6 is 0 Å². The molecule has 0 radical (unpaired) electrons. The molecule has 6 heteroatoms. The van der Waals surface area contributed by atoms with Gasteiger partial charge in [-0.25, -0.2) is 4.79 Å². The second-order valence-corrected chi connectivity index (χ2v) is 12.3. The molecule has 1 unspecified atom stereocenters. The maximum absolute atomic E-state index is 12.6. The van der Waals surface area contributed by atoms with Crippen LogP contribution in [-0.2, 0) is 14.9 Å². The summed E-state index contributed by atoms with van der Waals surface area (Å²) in [6, 6.07) is 10.7. The molecule has 2 aliphatic rings. The molecule has 1 aliphatic heterocycles. The van der Waals surface area contributed by atoms with Gasteiger partial charge >= 0.3 is 5.97 Å². The van der Waals surface area contributed by atoms with Crippen LogP contribution < -0.4 is 4.90 Å². The van der Waals surface area contributed by atoms with Gasteiger partial charge in [0, 0.05) is 35.6 Å². The lowest BCUT2D eigenvalue weighted by molar-refractivity contribution is -0.160. The van der Waals surface area contributed by atoms with E-state index in [4.69, 9.17) is 9.72 Å². The first-order valence-corrected chi connectivity index (χ1v) is 13.0. The molecule has 192 valence electrons. The van der Waals surface area contributed by atoms with E-state index in [9.17, 15) is 15.2 Å². The fourth-order valence-electron chi connectivity index (χ4n) is 5.30. The second-order valence-electron chi connectivity index (χ2n) is 12.3. The van der Waals surface area contributed by atoms with Crippen LogP contribution in [0.5, 0.6) is 0 Å². The van der Waals surface area contributed by atoms with E-state index in [0.29, 0.717) is 11.3 Å². The van der Waals surface area contributed by atoms with Gasteiger partial charge in [-0.05, 0) is 76.8 Å². The van der Waals surface area contributed by atoms with E-state index in [1.54, 1.807) is 0 Å². The number of nitriles is 1. The molecule has 36 heavy (non-hydrogen) atoms. The number of carboxylic acids is 1. The van der Waals surface area contributed by atoms with Crippen molar-refractivity contribution in [3.05, 3.63) is 46.8 Å². The maximum atomic E-state index is 12.6. The Morgan fingerprint density at radius 3 is 2.14 bits per heavy atom. The zero-order valence-electron chi connectivity index (χ0n) is 22.7. The predicted molar refractivity (Wildman–Crippen MR) is 142 cm³/mol. The summed E-state index contributed by atoms with van der Waals surface area (Å²) in [5, 5.41) is 19.9. The molecule has 0 bridgehead atoms. The van der Waals surface area contributed by atoms with E-state index in [1.807, 2.05) is 46.8 Å². The van der Waals surface area contributed by atoms with Crippen molar-refractivity contribution in [1.29, 1.82) is 5.26 Å². The number of carboxylic acid groups (broad SMARTS) is 1. The van der Waals surface area contributed by atoms with E-state index in [1.165, 1.54) is 0 Å². The van der Waals surface area contributed by atoms with Gasteiger partial charge in [0.05, 0.1) is 22.8 Å². The largest absolute Gasteiger partial charge is 0.479 e. The summed E-state index contributed by atoms with van der Waals surface area (Å²) in [7, 11) is 0. The molecule has 2 aromatic rings. The molecule has 6 nitrogen and oxygen atoms in total. The van der Waals surface area contributed by atoms with Crippen LogP contribution in [0.1, 0.15) is 88.9 Å². The van der Waals surface area contributed by atoms with Crippen LogP contribution in [-0.4, -0.2) is 34.8 Å². The lowest BCUT2D eigenvalue weighted by Crippen LogP contribution is -2.39. The Morgan fingerprint density at radius 1 is 1.08 bits per heavy atom. The summed E-state index contributed by atoms with van der Waals surface area (Å²) in [5.74, 6) is -1.01. The van der Waals surface area contributed by atoms with Gasteiger partial charge in [0.15, 0.2) is 6.10 Å². The highest BCUT2D eigenvalue weighted by Gasteiger charge is 2.45. The van der Waals surface area contributed by atoms with Crippen molar-refractivity contribution in [2.45, 2.75) is 91.3 Å². The number of hydrogen-bond acceptors (Lipinski definition) is 5. The average molecular weight is 490 g/mol. The number of nitrogens with zero attached hydrogens (tertiary/aromatic N) is 3. The van der Waals surface area contributed by atoms with Crippen molar-refractivity contribution in [2.75, 3.05) is 18.0 Å². The molecule has 1 aromatic heterocycles. The van der Waals surface area contributed by atoms with Gasteiger partial charge in [-0.2, -0.15) is 5.26 Å². The number of carbonyl (C=O) groups is 1. The van der Waals surface area contributed by atoms with Crippen LogP contribution in [0.3, 0.4) is 0 Å². The van der Waals surface area contributed by atoms with Gasteiger partial charge in [0.2, 0.25) is 0 Å². The minimum Gasteiger partial charge on any atom is -0.479 e. The number of ether oxygens (including phenoxy) is 1. The quantitative estimate of drug-likeness (QED) is 0.499. The van der Waals surface area contributed by atoms with Crippen LogP contribution in [0, 0.1) is 30.6 Å². The number of aryl methyl sites for hydroxylation is 2. The first kappa shape index (κ1) is 26.2. The zero-order chi connectivity index (χ0) is 26.5. The summed E-state index contributed by atoms with van der Waals surface area (Å²) in [5.41, 5.74) is 5.35. The summed E-state index contributed by atoms with van der Waals surface area (Å²) < 4.78 is 6.15. The topological polar surface area (TPSA) is 86.5 Å². The van der Waals surface area contributed by atoms with Gasteiger partial charge in [-0.15, -0.1) is 0 Å². The standard InChI is InChI=1S/C30H39N3O3/c1-19-23(21-8-10-22(11-9-21)30(18-31)12-13-30)25(33-16-14-29(6,7)15-17-33)24(20(2)32-19)26(27(34)35)36-28(3,4)5/h8-11,26H,12-17H2,1-7H3,(H,34,35). The summed E-state index contributed by atoms with van der Waals surface area (Å²) in [6.45, 7) is 15.8. The Labute approximate surface area is 215 Å². The Hall–Kier alpha value is -2.91. The minimum absolute atomic E-state index is 0.250. The van der Waals surface area contributed by atoms with Crippen LogP contribution in [0.4, 0.5) is 5.69 Å². The molecule has 2 heterocycles. The molecule has 1 N–H and O–H groups in total. The highest BCUT2D eigenvalue weighted by molar-refractivity contribution is 5.88. The number of aliphatic carboxylic acids is 1. The fraction of sp³-hybridized carbons (Fsp3) is 0.567. The van der Waals surface area contributed by atoms with Crippen molar-refractivity contribution >= 4 is 11.7 Å². The molecule has 4 rings (SSSR count). The summed E-state index contributed by atoms with van der Waals surface area (Å²) in [6.07, 6.45) is 2.71. The van der Waals surface area contributed by atoms with Gasteiger partial charge in [-0.1, -0.05) is 38.1 Å². The van der Waals surface area contributed by atoms with Crippen LogP contribution in [0.25, 0.3) is 11.1 Å². The Kier molecular flexibility index (Phi) is 6.68. The molecule has 0 amide bonds. The number of benzene rings is 1. The summed E-state index contributed by atoms with van der Waals surface area (Å²) in [4.78, 5) is 19.8. The van der Waals surface area contributed by atoms with E-state index >= 15 is 0 Å². The van der Waals surface area contributed by atoms with Crippen molar-refractivity contribution in [3.63, 3.8) is 0 Å². The zero-order valence-corrected chi connectivity index (χ0v) is 22.7. The summed E-state index contributed by atoms with van der Waals surface area (Å²) >= 11 is 0.